The van der Waals surface area contributed by atoms with Gasteiger partial charge in [0, 0.05) is 19.0 Å². The van der Waals surface area contributed by atoms with Gasteiger partial charge in [0.1, 0.15) is 11.4 Å². The van der Waals surface area contributed by atoms with Crippen molar-refractivity contribution in [2.45, 2.75) is 44.6 Å². The van der Waals surface area contributed by atoms with Gasteiger partial charge in [-0.1, -0.05) is 24.3 Å². The molecule has 140 valence electrons. The van der Waals surface area contributed by atoms with Crippen molar-refractivity contribution in [3.05, 3.63) is 59.5 Å². The number of aliphatic hydroxyl groups is 1. The number of guanidine groups is 1. The first-order chi connectivity index (χ1) is 12.6. The summed E-state index contributed by atoms with van der Waals surface area (Å²) in [5.41, 5.74) is 1.79. The van der Waals surface area contributed by atoms with E-state index in [1.165, 1.54) is 30.4 Å². The van der Waals surface area contributed by atoms with Crippen LogP contribution >= 0.6 is 0 Å². The van der Waals surface area contributed by atoms with Gasteiger partial charge in [0.05, 0.1) is 12.8 Å². The molecule has 0 amide bonds. The van der Waals surface area contributed by atoms with Gasteiger partial charge in [-0.2, -0.15) is 0 Å². The largest absolute Gasteiger partial charge is 0.466 e. The zero-order valence-electron chi connectivity index (χ0n) is 15.7. The van der Waals surface area contributed by atoms with Crippen LogP contribution < -0.4 is 10.6 Å². The van der Waals surface area contributed by atoms with Crippen molar-refractivity contribution in [2.75, 3.05) is 19.6 Å². The predicted molar refractivity (Wildman–Crippen MR) is 104 cm³/mol. The van der Waals surface area contributed by atoms with E-state index in [4.69, 9.17) is 4.42 Å². The van der Waals surface area contributed by atoms with Crippen molar-refractivity contribution >= 4 is 5.96 Å². The van der Waals surface area contributed by atoms with Gasteiger partial charge in [-0.3, -0.25) is 0 Å². The lowest BCUT2D eigenvalue weighted by Gasteiger charge is -2.26. The molecule has 26 heavy (non-hydrogen) atoms. The molecular formula is C21H29N3O2. The molecule has 2 aromatic rings. The Kier molecular flexibility index (Phi) is 5.99. The second kappa shape index (κ2) is 8.41. The summed E-state index contributed by atoms with van der Waals surface area (Å²) in [5, 5.41) is 17.3. The first kappa shape index (κ1) is 18.5. The molecule has 0 saturated carbocycles. The maximum Gasteiger partial charge on any atom is 0.191 e. The highest BCUT2D eigenvalue weighted by Crippen LogP contribution is 2.30. The molecule has 1 aromatic carbocycles. The molecule has 1 heterocycles. The Morgan fingerprint density at radius 3 is 2.88 bits per heavy atom. The van der Waals surface area contributed by atoms with Crippen LogP contribution in [0.4, 0.5) is 0 Å². The van der Waals surface area contributed by atoms with Crippen LogP contribution in [0.2, 0.25) is 0 Å². The van der Waals surface area contributed by atoms with Crippen LogP contribution in [0.25, 0.3) is 0 Å². The quantitative estimate of drug-likeness (QED) is 0.550. The summed E-state index contributed by atoms with van der Waals surface area (Å²) in [6, 6.07) is 12.3. The summed E-state index contributed by atoms with van der Waals surface area (Å²) in [4.78, 5) is 4.57. The van der Waals surface area contributed by atoms with Gasteiger partial charge >= 0.3 is 0 Å². The van der Waals surface area contributed by atoms with Crippen LogP contribution in [-0.4, -0.2) is 30.7 Å². The molecule has 0 fully saturated rings. The summed E-state index contributed by atoms with van der Waals surface area (Å²) >= 11 is 0. The number of furan rings is 1. The molecule has 1 aromatic heterocycles. The second-order valence-corrected chi connectivity index (χ2v) is 7.12. The minimum absolute atomic E-state index is 0.233. The van der Waals surface area contributed by atoms with Crippen LogP contribution in [-0.2, 0) is 12.0 Å². The van der Waals surface area contributed by atoms with Crippen LogP contribution in [0.3, 0.4) is 0 Å². The Morgan fingerprint density at radius 1 is 1.27 bits per heavy atom. The smallest absolute Gasteiger partial charge is 0.191 e. The first-order valence-electron chi connectivity index (χ1n) is 9.46. The summed E-state index contributed by atoms with van der Waals surface area (Å²) in [6.45, 7) is 5.60. The second-order valence-electron chi connectivity index (χ2n) is 7.12. The number of nitrogens with zero attached hydrogens (tertiary/aromatic N) is 1. The number of benzene rings is 1. The zero-order valence-corrected chi connectivity index (χ0v) is 15.7. The normalized spacial score (nSPS) is 19.5. The van der Waals surface area contributed by atoms with Crippen molar-refractivity contribution in [1.82, 2.24) is 10.6 Å². The van der Waals surface area contributed by atoms with Gasteiger partial charge < -0.3 is 20.2 Å². The topological polar surface area (TPSA) is 69.8 Å². The lowest BCUT2D eigenvalue weighted by Crippen LogP contribution is -2.41. The van der Waals surface area contributed by atoms with E-state index >= 15 is 0 Å². The molecule has 0 radical (unpaired) electrons. The van der Waals surface area contributed by atoms with E-state index in [1.807, 2.05) is 6.92 Å². The van der Waals surface area contributed by atoms with E-state index in [1.54, 1.807) is 25.3 Å². The van der Waals surface area contributed by atoms with E-state index in [0.29, 0.717) is 11.7 Å². The standard InChI is InChI=1S/C21H29N3O2/c1-3-22-20(24-15-21(2,25)19-12-7-13-26-19)23-14-17-10-6-9-16-8-4-5-11-18(16)17/h4-5,7-8,11-13,17,25H,3,6,9-10,14-15H2,1-2H3,(H2,22,23,24). The molecular weight excluding hydrogens is 326 g/mol. The van der Waals surface area contributed by atoms with Gasteiger partial charge in [0.2, 0.25) is 0 Å². The van der Waals surface area contributed by atoms with E-state index in [9.17, 15) is 5.11 Å². The van der Waals surface area contributed by atoms with Crippen LogP contribution in [0.15, 0.2) is 52.1 Å². The van der Waals surface area contributed by atoms with Gasteiger partial charge in [-0.05, 0) is 56.4 Å². The molecule has 0 aliphatic heterocycles. The number of aryl methyl sites for hydroxylation is 1. The van der Waals surface area contributed by atoms with Crippen molar-refractivity contribution in [3.63, 3.8) is 0 Å². The Hall–Kier alpha value is -2.27. The van der Waals surface area contributed by atoms with Gasteiger partial charge in [0.15, 0.2) is 5.96 Å². The molecule has 0 spiro atoms. The highest BCUT2D eigenvalue weighted by atomic mass is 16.4. The van der Waals surface area contributed by atoms with Crippen molar-refractivity contribution in [1.29, 1.82) is 0 Å². The van der Waals surface area contributed by atoms with Crippen LogP contribution in [0.1, 0.15) is 49.5 Å². The minimum atomic E-state index is -1.12. The number of hydrogen-bond acceptors (Lipinski definition) is 3. The number of rotatable bonds is 6. The Bertz CT molecular complexity index is 723. The lowest BCUT2D eigenvalue weighted by molar-refractivity contribution is 0.0437. The molecule has 5 heteroatoms. The molecule has 1 aliphatic carbocycles. The Morgan fingerprint density at radius 2 is 2.12 bits per heavy atom. The number of fused-ring (bicyclic) bond motifs is 1. The van der Waals surface area contributed by atoms with Gasteiger partial charge in [-0.25, -0.2) is 4.99 Å². The molecule has 2 unspecified atom stereocenters. The van der Waals surface area contributed by atoms with E-state index in [2.05, 4.69) is 39.9 Å². The number of aliphatic imine (C=N–C) groups is 1. The Balaban J connectivity index is 1.64. The maximum atomic E-state index is 10.6. The summed E-state index contributed by atoms with van der Waals surface area (Å²) in [5.74, 6) is 1.75. The molecule has 0 bridgehead atoms. The third-order valence-electron chi connectivity index (χ3n) is 4.95. The van der Waals surface area contributed by atoms with Crippen molar-refractivity contribution < 1.29 is 9.52 Å². The maximum absolute atomic E-state index is 10.6. The number of nitrogens with one attached hydrogen (secondary N) is 2. The lowest BCUT2D eigenvalue weighted by atomic mass is 9.83. The molecule has 3 rings (SSSR count). The fraction of sp³-hybridized carbons (Fsp3) is 0.476. The summed E-state index contributed by atoms with van der Waals surface area (Å²) in [6.07, 6.45) is 5.15. The van der Waals surface area contributed by atoms with Crippen molar-refractivity contribution in [3.8, 4) is 0 Å². The SMILES string of the molecule is CCNC(=NCC(C)(O)c1ccco1)NCC1CCCc2ccccc21. The highest BCUT2D eigenvalue weighted by molar-refractivity contribution is 5.79. The average molecular weight is 355 g/mol. The van der Waals surface area contributed by atoms with Crippen molar-refractivity contribution in [2.24, 2.45) is 4.99 Å². The first-order valence-corrected chi connectivity index (χ1v) is 9.46. The van der Waals surface area contributed by atoms with Crippen LogP contribution in [0.5, 0.6) is 0 Å². The van der Waals surface area contributed by atoms with Gasteiger partial charge in [-0.15, -0.1) is 0 Å². The molecule has 3 N–H and O–H groups in total. The summed E-state index contributed by atoms with van der Waals surface area (Å²) in [7, 11) is 0. The minimum Gasteiger partial charge on any atom is -0.466 e. The van der Waals surface area contributed by atoms with E-state index in [-0.39, 0.29) is 6.54 Å². The molecule has 0 saturated heterocycles. The molecule has 2 atom stereocenters. The molecule has 1 aliphatic rings. The van der Waals surface area contributed by atoms with Crippen LogP contribution in [0, 0.1) is 0 Å². The third-order valence-corrected chi connectivity index (χ3v) is 4.95. The fourth-order valence-corrected chi connectivity index (χ4v) is 3.52. The molecule has 5 nitrogen and oxygen atoms in total. The van der Waals surface area contributed by atoms with E-state index in [0.717, 1.165) is 19.0 Å². The zero-order chi connectivity index (χ0) is 18.4. The predicted octanol–water partition coefficient (Wildman–Crippen LogP) is 3.16. The van der Waals surface area contributed by atoms with E-state index < -0.39 is 5.60 Å². The Labute approximate surface area is 155 Å². The highest BCUT2D eigenvalue weighted by Gasteiger charge is 2.26. The number of hydrogen-bond donors (Lipinski definition) is 3. The third kappa shape index (κ3) is 4.47. The monoisotopic (exact) mass is 355 g/mol. The van der Waals surface area contributed by atoms with Gasteiger partial charge in [0.25, 0.3) is 0 Å². The fourth-order valence-electron chi connectivity index (χ4n) is 3.52. The average Bonchev–Trinajstić information content (AvgIpc) is 3.20. The summed E-state index contributed by atoms with van der Waals surface area (Å²) < 4.78 is 5.32.